The van der Waals surface area contributed by atoms with Gasteiger partial charge in [-0.1, -0.05) is 30.0 Å². The number of thioether (sulfide) groups is 1. The molecule has 1 aromatic carbocycles. The zero-order valence-electron chi connectivity index (χ0n) is 10.6. The van der Waals surface area contributed by atoms with Crippen molar-refractivity contribution in [2.45, 2.75) is 13.5 Å². The summed E-state index contributed by atoms with van der Waals surface area (Å²) in [6.45, 7) is -1.39. The SMILES string of the molecule is COc1cc(C=CCSC(C)=O)ccc1OC(F)F. The van der Waals surface area contributed by atoms with Crippen molar-refractivity contribution < 1.29 is 23.0 Å². The van der Waals surface area contributed by atoms with E-state index in [1.54, 1.807) is 18.2 Å². The first-order chi connectivity index (χ1) is 9.02. The molecule has 104 valence electrons. The predicted octanol–water partition coefficient (Wildman–Crippen LogP) is 3.59. The zero-order chi connectivity index (χ0) is 14.3. The van der Waals surface area contributed by atoms with Gasteiger partial charge < -0.3 is 9.47 Å². The Bertz CT molecular complexity index is 461. The number of benzene rings is 1. The van der Waals surface area contributed by atoms with Gasteiger partial charge >= 0.3 is 6.61 Å². The Labute approximate surface area is 114 Å². The van der Waals surface area contributed by atoms with E-state index < -0.39 is 6.61 Å². The van der Waals surface area contributed by atoms with Crippen molar-refractivity contribution in [2.24, 2.45) is 0 Å². The fourth-order valence-electron chi connectivity index (χ4n) is 1.33. The van der Waals surface area contributed by atoms with Crippen LogP contribution < -0.4 is 9.47 Å². The summed E-state index contributed by atoms with van der Waals surface area (Å²) in [6.07, 6.45) is 3.60. The Kier molecular flexibility index (Phi) is 6.35. The summed E-state index contributed by atoms with van der Waals surface area (Å²) in [5, 5.41) is 0.0444. The van der Waals surface area contributed by atoms with E-state index in [2.05, 4.69) is 4.74 Å². The topological polar surface area (TPSA) is 35.5 Å². The molecular weight excluding hydrogens is 274 g/mol. The first-order valence-corrected chi connectivity index (χ1v) is 6.44. The Balaban J connectivity index is 2.73. The van der Waals surface area contributed by atoms with Crippen LogP contribution in [0.1, 0.15) is 12.5 Å². The maximum absolute atomic E-state index is 12.1. The van der Waals surface area contributed by atoms with E-state index in [0.717, 1.165) is 5.56 Å². The number of carbonyl (C=O) groups is 1. The third kappa shape index (κ3) is 5.74. The molecule has 0 saturated carbocycles. The van der Waals surface area contributed by atoms with Gasteiger partial charge in [-0.15, -0.1) is 0 Å². The molecule has 0 bridgehead atoms. The van der Waals surface area contributed by atoms with Gasteiger partial charge in [-0.2, -0.15) is 8.78 Å². The second-order valence-electron chi connectivity index (χ2n) is 3.49. The van der Waals surface area contributed by atoms with Crippen molar-refractivity contribution in [1.82, 2.24) is 0 Å². The third-order valence-electron chi connectivity index (χ3n) is 2.10. The molecule has 0 fully saturated rings. The van der Waals surface area contributed by atoms with Crippen molar-refractivity contribution in [3.8, 4) is 11.5 Å². The normalized spacial score (nSPS) is 11.0. The van der Waals surface area contributed by atoms with Gasteiger partial charge in [0.2, 0.25) is 0 Å². The van der Waals surface area contributed by atoms with E-state index in [4.69, 9.17) is 4.74 Å². The van der Waals surface area contributed by atoms with Crippen molar-refractivity contribution in [3.63, 3.8) is 0 Å². The lowest BCUT2D eigenvalue weighted by Crippen LogP contribution is -2.03. The first kappa shape index (κ1) is 15.5. The van der Waals surface area contributed by atoms with Crippen LogP contribution in [0.3, 0.4) is 0 Å². The van der Waals surface area contributed by atoms with Crippen LogP contribution in [0.5, 0.6) is 11.5 Å². The molecule has 0 amide bonds. The quantitative estimate of drug-likeness (QED) is 0.801. The fraction of sp³-hybridized carbons (Fsp3) is 0.308. The monoisotopic (exact) mass is 288 g/mol. The molecule has 6 heteroatoms. The number of hydrogen-bond donors (Lipinski definition) is 0. The van der Waals surface area contributed by atoms with Crippen molar-refractivity contribution >= 4 is 23.0 Å². The summed E-state index contributed by atoms with van der Waals surface area (Å²) >= 11 is 1.19. The highest BCUT2D eigenvalue weighted by atomic mass is 32.2. The molecule has 0 heterocycles. The largest absolute Gasteiger partial charge is 0.493 e. The summed E-state index contributed by atoms with van der Waals surface area (Å²) in [4.78, 5) is 10.7. The molecule has 0 atom stereocenters. The summed E-state index contributed by atoms with van der Waals surface area (Å²) in [6, 6.07) is 4.64. The third-order valence-corrected chi connectivity index (χ3v) is 2.86. The van der Waals surface area contributed by atoms with E-state index in [9.17, 15) is 13.6 Å². The molecule has 1 rings (SSSR count). The maximum atomic E-state index is 12.1. The Morgan fingerprint density at radius 1 is 1.42 bits per heavy atom. The van der Waals surface area contributed by atoms with Crippen LogP contribution >= 0.6 is 11.8 Å². The summed E-state index contributed by atoms with van der Waals surface area (Å²) in [5.74, 6) is 0.793. The Morgan fingerprint density at radius 2 is 2.16 bits per heavy atom. The fourth-order valence-corrected chi connectivity index (χ4v) is 1.76. The van der Waals surface area contributed by atoms with Crippen LogP contribution in [-0.4, -0.2) is 24.6 Å². The second-order valence-corrected chi connectivity index (χ2v) is 4.69. The number of rotatable bonds is 6. The number of ether oxygens (including phenoxy) is 2. The van der Waals surface area contributed by atoms with Gasteiger partial charge in [0.1, 0.15) is 0 Å². The Hall–Kier alpha value is -1.56. The molecule has 0 spiro atoms. The highest BCUT2D eigenvalue weighted by molar-refractivity contribution is 8.13. The lowest BCUT2D eigenvalue weighted by Gasteiger charge is -2.10. The number of carbonyl (C=O) groups excluding carboxylic acids is 1. The van der Waals surface area contributed by atoms with Gasteiger partial charge in [0.05, 0.1) is 7.11 Å². The molecule has 1 aromatic rings. The van der Waals surface area contributed by atoms with Crippen LogP contribution in [-0.2, 0) is 4.79 Å². The van der Waals surface area contributed by atoms with E-state index in [-0.39, 0.29) is 16.6 Å². The molecule has 0 N–H and O–H groups in total. The summed E-state index contributed by atoms with van der Waals surface area (Å²) in [7, 11) is 1.38. The van der Waals surface area contributed by atoms with Gasteiger partial charge in [0, 0.05) is 12.7 Å². The molecule has 3 nitrogen and oxygen atoms in total. The van der Waals surface area contributed by atoms with E-state index in [1.165, 1.54) is 31.9 Å². The summed E-state index contributed by atoms with van der Waals surface area (Å²) in [5.41, 5.74) is 0.780. The van der Waals surface area contributed by atoms with Crippen LogP contribution in [0.2, 0.25) is 0 Å². The molecule has 19 heavy (non-hydrogen) atoms. The van der Waals surface area contributed by atoms with E-state index in [0.29, 0.717) is 5.75 Å². The first-order valence-electron chi connectivity index (χ1n) is 5.45. The standard InChI is InChI=1S/C13H14F2O3S/c1-9(16)19-7-3-4-10-5-6-11(18-13(14)15)12(8-10)17-2/h3-6,8,13H,7H2,1-2H3. The molecule has 0 saturated heterocycles. The highest BCUT2D eigenvalue weighted by Gasteiger charge is 2.10. The average Bonchev–Trinajstić information content (AvgIpc) is 2.35. The minimum Gasteiger partial charge on any atom is -0.493 e. The number of hydrogen-bond acceptors (Lipinski definition) is 4. The predicted molar refractivity (Wildman–Crippen MR) is 71.8 cm³/mol. The highest BCUT2D eigenvalue weighted by Crippen LogP contribution is 2.29. The number of halogens is 2. The lowest BCUT2D eigenvalue weighted by molar-refractivity contribution is -0.109. The molecule has 0 aliphatic heterocycles. The lowest BCUT2D eigenvalue weighted by atomic mass is 10.2. The number of methoxy groups -OCH3 is 1. The number of alkyl halides is 2. The van der Waals surface area contributed by atoms with Crippen molar-refractivity contribution in [3.05, 3.63) is 29.8 Å². The van der Waals surface area contributed by atoms with Gasteiger partial charge in [0.15, 0.2) is 16.6 Å². The van der Waals surface area contributed by atoms with Crippen molar-refractivity contribution in [1.29, 1.82) is 0 Å². The van der Waals surface area contributed by atoms with Gasteiger partial charge in [-0.25, -0.2) is 0 Å². The van der Waals surface area contributed by atoms with Gasteiger partial charge in [0.25, 0.3) is 0 Å². The van der Waals surface area contributed by atoms with Crippen LogP contribution in [0.15, 0.2) is 24.3 Å². The molecule has 0 aliphatic rings. The van der Waals surface area contributed by atoms with Crippen LogP contribution in [0.4, 0.5) is 8.78 Å². The van der Waals surface area contributed by atoms with Crippen LogP contribution in [0.25, 0.3) is 6.08 Å². The van der Waals surface area contributed by atoms with E-state index >= 15 is 0 Å². The minimum atomic E-state index is -2.89. The van der Waals surface area contributed by atoms with E-state index in [1.807, 2.05) is 6.08 Å². The van der Waals surface area contributed by atoms with Gasteiger partial charge in [-0.3, -0.25) is 4.79 Å². The molecular formula is C13H14F2O3S. The minimum absolute atomic E-state index is 0.00670. The van der Waals surface area contributed by atoms with Gasteiger partial charge in [-0.05, 0) is 17.7 Å². The van der Waals surface area contributed by atoms with Crippen molar-refractivity contribution in [2.75, 3.05) is 12.9 Å². The average molecular weight is 288 g/mol. The molecule has 0 radical (unpaired) electrons. The molecule has 0 aromatic heterocycles. The molecule has 0 unspecified atom stereocenters. The second kappa shape index (κ2) is 7.78. The van der Waals surface area contributed by atoms with Crippen LogP contribution in [0, 0.1) is 0 Å². The summed E-state index contributed by atoms with van der Waals surface area (Å²) < 4.78 is 33.6. The maximum Gasteiger partial charge on any atom is 0.387 e. The Morgan fingerprint density at radius 3 is 2.74 bits per heavy atom. The smallest absolute Gasteiger partial charge is 0.387 e. The zero-order valence-corrected chi connectivity index (χ0v) is 11.4. The molecule has 0 aliphatic carbocycles.